The van der Waals surface area contributed by atoms with Gasteiger partial charge in [0.05, 0.1) is 5.56 Å². The van der Waals surface area contributed by atoms with E-state index < -0.39 is 0 Å². The third kappa shape index (κ3) is 4.12. The van der Waals surface area contributed by atoms with E-state index in [1.807, 2.05) is 36.9 Å². The summed E-state index contributed by atoms with van der Waals surface area (Å²) >= 11 is 0. The van der Waals surface area contributed by atoms with Crippen molar-refractivity contribution in [3.8, 4) is 0 Å². The van der Waals surface area contributed by atoms with Crippen molar-refractivity contribution in [1.82, 2.24) is 20.4 Å². The molecule has 0 spiro atoms. The Bertz CT molecular complexity index is 930. The molecule has 2 heterocycles. The van der Waals surface area contributed by atoms with E-state index in [-0.39, 0.29) is 5.91 Å². The van der Waals surface area contributed by atoms with Gasteiger partial charge in [0.2, 0.25) is 0 Å². The Kier molecular flexibility index (Phi) is 5.46. The SMILES string of the molecule is CCN(c1cccc(C)c1)c1ncnc(NNC(=O)c2cccnc2)c1N. The van der Waals surface area contributed by atoms with Gasteiger partial charge in [-0.05, 0) is 43.7 Å². The van der Waals surface area contributed by atoms with E-state index >= 15 is 0 Å². The first-order valence-corrected chi connectivity index (χ1v) is 8.51. The van der Waals surface area contributed by atoms with Gasteiger partial charge in [0.25, 0.3) is 5.91 Å². The topological polar surface area (TPSA) is 109 Å². The van der Waals surface area contributed by atoms with Crippen LogP contribution in [0.5, 0.6) is 0 Å². The second-order valence-corrected chi connectivity index (χ2v) is 5.86. The number of carbonyl (C=O) groups is 1. The molecule has 0 radical (unpaired) electrons. The molecule has 0 fully saturated rings. The van der Waals surface area contributed by atoms with Crippen LogP contribution in [0.25, 0.3) is 0 Å². The molecular weight excluding hydrogens is 342 g/mol. The predicted octanol–water partition coefficient (Wildman–Crippen LogP) is 2.68. The number of benzene rings is 1. The van der Waals surface area contributed by atoms with Gasteiger partial charge in [-0.2, -0.15) is 0 Å². The molecule has 3 rings (SSSR count). The lowest BCUT2D eigenvalue weighted by Gasteiger charge is -2.24. The first-order chi connectivity index (χ1) is 13.1. The molecule has 8 nitrogen and oxygen atoms in total. The quantitative estimate of drug-likeness (QED) is 0.578. The molecule has 138 valence electrons. The summed E-state index contributed by atoms with van der Waals surface area (Å²) in [5.74, 6) is 0.549. The zero-order chi connectivity index (χ0) is 19.2. The van der Waals surface area contributed by atoms with Crippen molar-refractivity contribution in [2.75, 3.05) is 22.6 Å². The number of aromatic nitrogens is 3. The van der Waals surface area contributed by atoms with Crippen molar-refractivity contribution in [2.24, 2.45) is 0 Å². The number of anilines is 4. The maximum absolute atomic E-state index is 12.2. The maximum atomic E-state index is 12.2. The Morgan fingerprint density at radius 2 is 2.07 bits per heavy atom. The highest BCUT2D eigenvalue weighted by molar-refractivity contribution is 5.95. The van der Waals surface area contributed by atoms with Crippen molar-refractivity contribution >= 4 is 28.9 Å². The monoisotopic (exact) mass is 363 g/mol. The molecule has 0 aliphatic rings. The number of carbonyl (C=O) groups excluding carboxylic acids is 1. The van der Waals surface area contributed by atoms with E-state index in [0.717, 1.165) is 11.3 Å². The number of hydrogen-bond donors (Lipinski definition) is 3. The number of rotatable bonds is 6. The summed E-state index contributed by atoms with van der Waals surface area (Å²) in [6.45, 7) is 4.72. The Balaban J connectivity index is 1.82. The molecule has 0 atom stereocenters. The first-order valence-electron chi connectivity index (χ1n) is 8.51. The minimum atomic E-state index is -0.339. The Labute approximate surface area is 157 Å². The molecule has 3 aromatic rings. The van der Waals surface area contributed by atoms with E-state index in [2.05, 4.69) is 31.9 Å². The molecule has 0 bridgehead atoms. The number of hydrogen-bond acceptors (Lipinski definition) is 7. The van der Waals surface area contributed by atoms with Crippen LogP contribution in [0.15, 0.2) is 55.1 Å². The predicted molar refractivity (Wildman–Crippen MR) is 106 cm³/mol. The van der Waals surface area contributed by atoms with E-state index in [1.165, 1.54) is 12.5 Å². The summed E-state index contributed by atoms with van der Waals surface area (Å²) < 4.78 is 0. The van der Waals surface area contributed by atoms with Crippen LogP contribution in [-0.2, 0) is 0 Å². The van der Waals surface area contributed by atoms with Crippen LogP contribution in [0.3, 0.4) is 0 Å². The lowest BCUT2D eigenvalue weighted by Crippen LogP contribution is -2.31. The van der Waals surface area contributed by atoms with Gasteiger partial charge < -0.3 is 10.6 Å². The van der Waals surface area contributed by atoms with Gasteiger partial charge in [-0.25, -0.2) is 9.97 Å². The van der Waals surface area contributed by atoms with Gasteiger partial charge in [0.15, 0.2) is 11.6 Å². The number of hydrazine groups is 1. The minimum Gasteiger partial charge on any atom is -0.393 e. The van der Waals surface area contributed by atoms with Gasteiger partial charge >= 0.3 is 0 Å². The zero-order valence-corrected chi connectivity index (χ0v) is 15.2. The van der Waals surface area contributed by atoms with E-state index in [4.69, 9.17) is 5.73 Å². The average molecular weight is 363 g/mol. The van der Waals surface area contributed by atoms with Crippen molar-refractivity contribution in [3.63, 3.8) is 0 Å². The van der Waals surface area contributed by atoms with E-state index in [9.17, 15) is 4.79 Å². The number of nitrogens with zero attached hydrogens (tertiary/aromatic N) is 4. The maximum Gasteiger partial charge on any atom is 0.271 e. The highest BCUT2D eigenvalue weighted by Crippen LogP contribution is 2.31. The van der Waals surface area contributed by atoms with Gasteiger partial charge in [0, 0.05) is 24.6 Å². The molecule has 0 aliphatic carbocycles. The molecule has 1 amide bonds. The summed E-state index contributed by atoms with van der Waals surface area (Å²) in [7, 11) is 0. The number of aryl methyl sites for hydroxylation is 1. The molecule has 1 aromatic carbocycles. The summed E-state index contributed by atoms with van der Waals surface area (Å²) in [6, 6.07) is 11.4. The number of nitrogens with one attached hydrogen (secondary N) is 2. The smallest absolute Gasteiger partial charge is 0.271 e. The van der Waals surface area contributed by atoms with Crippen molar-refractivity contribution in [3.05, 3.63) is 66.2 Å². The van der Waals surface area contributed by atoms with Crippen molar-refractivity contribution in [1.29, 1.82) is 0 Å². The van der Waals surface area contributed by atoms with Crippen LogP contribution in [-0.4, -0.2) is 27.4 Å². The summed E-state index contributed by atoms with van der Waals surface area (Å²) in [4.78, 5) is 26.5. The largest absolute Gasteiger partial charge is 0.393 e. The van der Waals surface area contributed by atoms with Crippen LogP contribution < -0.4 is 21.5 Å². The van der Waals surface area contributed by atoms with Crippen LogP contribution in [0.2, 0.25) is 0 Å². The lowest BCUT2D eigenvalue weighted by molar-refractivity contribution is 0.0962. The van der Waals surface area contributed by atoms with E-state index in [1.54, 1.807) is 18.3 Å². The van der Waals surface area contributed by atoms with Crippen LogP contribution in [0.4, 0.5) is 23.0 Å². The fraction of sp³-hybridized carbons (Fsp3) is 0.158. The third-order valence-corrected chi connectivity index (χ3v) is 3.97. The third-order valence-electron chi connectivity index (χ3n) is 3.97. The second-order valence-electron chi connectivity index (χ2n) is 5.86. The molecular formula is C19H21N7O. The van der Waals surface area contributed by atoms with Crippen LogP contribution in [0.1, 0.15) is 22.8 Å². The van der Waals surface area contributed by atoms with E-state index in [0.29, 0.717) is 29.4 Å². The zero-order valence-electron chi connectivity index (χ0n) is 15.2. The van der Waals surface area contributed by atoms with Crippen LogP contribution >= 0.6 is 0 Å². The number of amides is 1. The lowest BCUT2D eigenvalue weighted by atomic mass is 10.2. The van der Waals surface area contributed by atoms with Crippen molar-refractivity contribution in [2.45, 2.75) is 13.8 Å². The molecule has 0 unspecified atom stereocenters. The Morgan fingerprint density at radius 3 is 2.78 bits per heavy atom. The molecule has 0 aliphatic heterocycles. The minimum absolute atomic E-state index is 0.323. The molecule has 0 saturated carbocycles. The van der Waals surface area contributed by atoms with Gasteiger partial charge in [-0.1, -0.05) is 12.1 Å². The number of nitrogen functional groups attached to an aromatic ring is 1. The fourth-order valence-corrected chi connectivity index (χ4v) is 2.64. The van der Waals surface area contributed by atoms with Crippen LogP contribution in [0, 0.1) is 6.92 Å². The highest BCUT2D eigenvalue weighted by atomic mass is 16.2. The molecule has 8 heteroatoms. The Hall–Kier alpha value is -3.68. The molecule has 2 aromatic heterocycles. The normalized spacial score (nSPS) is 10.3. The second kappa shape index (κ2) is 8.13. The summed E-state index contributed by atoms with van der Waals surface area (Å²) in [5, 5.41) is 0. The molecule has 27 heavy (non-hydrogen) atoms. The molecule has 4 N–H and O–H groups in total. The number of pyridine rings is 1. The molecule has 0 saturated heterocycles. The standard InChI is InChI=1S/C19H21N7O/c1-3-26(15-8-4-6-13(2)10-15)18-16(20)17(22-12-23-18)24-25-19(27)14-7-5-9-21-11-14/h4-12H,3,20H2,1-2H3,(H,25,27)(H,22,23,24). The Morgan fingerprint density at radius 1 is 1.22 bits per heavy atom. The summed E-state index contributed by atoms with van der Waals surface area (Å²) in [5.41, 5.74) is 14.5. The van der Waals surface area contributed by atoms with Crippen molar-refractivity contribution < 1.29 is 4.79 Å². The summed E-state index contributed by atoms with van der Waals surface area (Å²) in [6.07, 6.45) is 4.48. The fourth-order valence-electron chi connectivity index (χ4n) is 2.64. The highest BCUT2D eigenvalue weighted by Gasteiger charge is 2.16. The van der Waals surface area contributed by atoms with Gasteiger partial charge in [-0.3, -0.25) is 20.6 Å². The van der Waals surface area contributed by atoms with Gasteiger partial charge in [-0.15, -0.1) is 0 Å². The number of nitrogens with two attached hydrogens (primary N) is 1. The average Bonchev–Trinajstić information content (AvgIpc) is 2.69. The van der Waals surface area contributed by atoms with Gasteiger partial charge in [0.1, 0.15) is 12.0 Å². The first kappa shape index (κ1) is 18.1.